The first-order valence-electron chi connectivity index (χ1n) is 7.72. The third kappa shape index (κ3) is 1.91. The number of carbonyl (C=O) groups excluding carboxylic acids is 1. The number of aromatic nitrogens is 1. The van der Waals surface area contributed by atoms with Crippen molar-refractivity contribution in [3.8, 4) is 17.2 Å². The molecule has 116 valence electrons. The van der Waals surface area contributed by atoms with Gasteiger partial charge in [0, 0.05) is 29.7 Å². The summed E-state index contributed by atoms with van der Waals surface area (Å²) in [5.41, 5.74) is 8.04. The second-order valence-electron chi connectivity index (χ2n) is 6.17. The van der Waals surface area contributed by atoms with Gasteiger partial charge in [0.1, 0.15) is 29.2 Å². The number of carbonyl (C=O) groups is 1. The van der Waals surface area contributed by atoms with E-state index in [1.807, 2.05) is 24.3 Å². The van der Waals surface area contributed by atoms with Crippen LogP contribution in [0.2, 0.25) is 0 Å². The van der Waals surface area contributed by atoms with Gasteiger partial charge >= 0.3 is 0 Å². The molecule has 6 heteroatoms. The van der Waals surface area contributed by atoms with Crippen molar-refractivity contribution in [2.24, 2.45) is 5.73 Å². The summed E-state index contributed by atoms with van der Waals surface area (Å²) in [6.07, 6.45) is 2.85. The standard InChI is InChI=1S/C17H15N3O3/c18-15-14-10-7-8(1-3-11(10)23-16(14)15)22-12-5-6-19-17-9(12)2-4-13(21)20-17/h1,3,5-7,14-16H,2,4,18H2,(H,19,20,21)/t14-,15-,16?/m0/s1. The van der Waals surface area contributed by atoms with Crippen molar-refractivity contribution in [3.63, 3.8) is 0 Å². The Morgan fingerprint density at radius 3 is 3.13 bits per heavy atom. The Morgan fingerprint density at radius 1 is 1.30 bits per heavy atom. The first-order valence-corrected chi connectivity index (χ1v) is 7.72. The van der Waals surface area contributed by atoms with E-state index in [2.05, 4.69) is 10.3 Å². The Kier molecular flexibility index (Phi) is 2.50. The maximum atomic E-state index is 11.5. The van der Waals surface area contributed by atoms with Crippen molar-refractivity contribution >= 4 is 11.7 Å². The maximum absolute atomic E-state index is 11.5. The SMILES string of the molecule is N[C@@H]1C2Oc3ccc(Oc4ccnc5c4CCC(=O)N5)cc3[C@H]21. The molecule has 2 aliphatic heterocycles. The van der Waals surface area contributed by atoms with Crippen LogP contribution in [0.3, 0.4) is 0 Å². The molecular formula is C17H15N3O3. The number of fused-ring (bicyclic) bond motifs is 4. The lowest BCUT2D eigenvalue weighted by atomic mass is 10.1. The quantitative estimate of drug-likeness (QED) is 0.885. The van der Waals surface area contributed by atoms with Gasteiger partial charge in [0.15, 0.2) is 0 Å². The Hall–Kier alpha value is -2.60. The van der Waals surface area contributed by atoms with Crippen LogP contribution in [0.5, 0.6) is 17.2 Å². The summed E-state index contributed by atoms with van der Waals surface area (Å²) in [5, 5.41) is 2.78. The number of amides is 1. The zero-order chi connectivity index (χ0) is 15.6. The van der Waals surface area contributed by atoms with E-state index < -0.39 is 0 Å². The zero-order valence-corrected chi connectivity index (χ0v) is 12.3. The van der Waals surface area contributed by atoms with E-state index in [9.17, 15) is 4.79 Å². The lowest BCUT2D eigenvalue weighted by Crippen LogP contribution is -2.20. The number of nitrogens with one attached hydrogen (secondary N) is 1. The molecule has 0 radical (unpaired) electrons. The minimum atomic E-state index is -0.00871. The predicted octanol–water partition coefficient (Wildman–Crippen LogP) is 1.94. The second kappa shape index (κ2) is 4.45. The second-order valence-corrected chi connectivity index (χ2v) is 6.17. The smallest absolute Gasteiger partial charge is 0.225 e. The molecule has 6 nitrogen and oxygen atoms in total. The fourth-order valence-electron chi connectivity index (χ4n) is 3.43. The molecule has 3 heterocycles. The van der Waals surface area contributed by atoms with Gasteiger partial charge in [-0.2, -0.15) is 0 Å². The monoisotopic (exact) mass is 309 g/mol. The van der Waals surface area contributed by atoms with Crippen LogP contribution >= 0.6 is 0 Å². The molecule has 1 fully saturated rings. The summed E-state index contributed by atoms with van der Waals surface area (Å²) in [6, 6.07) is 7.75. The van der Waals surface area contributed by atoms with E-state index in [0.717, 1.165) is 28.4 Å². The number of benzene rings is 1. The Morgan fingerprint density at radius 2 is 2.22 bits per heavy atom. The number of hydrogen-bond acceptors (Lipinski definition) is 5. The molecule has 0 bridgehead atoms. The van der Waals surface area contributed by atoms with Crippen molar-refractivity contribution < 1.29 is 14.3 Å². The molecule has 2 aromatic rings. The minimum Gasteiger partial charge on any atom is -0.488 e. The Labute approximate surface area is 132 Å². The van der Waals surface area contributed by atoms with Crippen molar-refractivity contribution in [1.82, 2.24) is 4.98 Å². The van der Waals surface area contributed by atoms with Crippen molar-refractivity contribution in [1.29, 1.82) is 0 Å². The maximum Gasteiger partial charge on any atom is 0.225 e. The van der Waals surface area contributed by atoms with E-state index in [1.54, 1.807) is 6.20 Å². The average Bonchev–Trinajstić information content (AvgIpc) is 3.02. The third-order valence-electron chi connectivity index (χ3n) is 4.71. The number of nitrogens with two attached hydrogens (primary N) is 1. The van der Waals surface area contributed by atoms with Gasteiger partial charge in [-0.1, -0.05) is 0 Å². The highest BCUT2D eigenvalue weighted by Crippen LogP contribution is 2.53. The van der Waals surface area contributed by atoms with Crippen LogP contribution in [0.25, 0.3) is 0 Å². The van der Waals surface area contributed by atoms with Crippen LogP contribution in [0.4, 0.5) is 5.82 Å². The van der Waals surface area contributed by atoms with Crippen LogP contribution in [0.1, 0.15) is 23.5 Å². The number of hydrogen-bond donors (Lipinski definition) is 2. The Bertz CT molecular complexity index is 836. The third-order valence-corrected chi connectivity index (χ3v) is 4.71. The highest BCUT2D eigenvalue weighted by molar-refractivity contribution is 5.93. The minimum absolute atomic E-state index is 0.00871. The van der Waals surface area contributed by atoms with Gasteiger partial charge in [0.05, 0.1) is 6.04 Å². The molecule has 23 heavy (non-hydrogen) atoms. The average molecular weight is 309 g/mol. The van der Waals surface area contributed by atoms with Gasteiger partial charge in [-0.3, -0.25) is 4.79 Å². The molecule has 1 aromatic heterocycles. The van der Waals surface area contributed by atoms with Gasteiger partial charge < -0.3 is 20.5 Å². The molecule has 0 saturated heterocycles. The van der Waals surface area contributed by atoms with Crippen molar-refractivity contribution in [2.45, 2.75) is 30.9 Å². The van der Waals surface area contributed by atoms with E-state index in [-0.39, 0.29) is 18.1 Å². The van der Waals surface area contributed by atoms with Gasteiger partial charge in [-0.25, -0.2) is 4.98 Å². The van der Waals surface area contributed by atoms with Gasteiger partial charge in [-0.05, 0) is 30.7 Å². The molecule has 5 rings (SSSR count). The van der Waals surface area contributed by atoms with Gasteiger partial charge in [0.25, 0.3) is 0 Å². The van der Waals surface area contributed by atoms with Crippen LogP contribution in [0, 0.1) is 0 Å². The summed E-state index contributed by atoms with van der Waals surface area (Å²) in [4.78, 5) is 15.7. The van der Waals surface area contributed by atoms with Gasteiger partial charge in [0.2, 0.25) is 5.91 Å². The number of ether oxygens (including phenoxy) is 2. The number of pyridine rings is 1. The summed E-state index contributed by atoms with van der Waals surface area (Å²) >= 11 is 0. The molecule has 3 N–H and O–H groups in total. The number of anilines is 1. The molecule has 3 atom stereocenters. The van der Waals surface area contributed by atoms with E-state index >= 15 is 0 Å². The fourth-order valence-corrected chi connectivity index (χ4v) is 3.43. The molecule has 1 saturated carbocycles. The summed E-state index contributed by atoms with van der Waals surface area (Å²) in [7, 11) is 0. The topological polar surface area (TPSA) is 86.5 Å². The molecule has 1 aromatic carbocycles. The molecule has 3 aliphatic rings. The lowest BCUT2D eigenvalue weighted by Gasteiger charge is -2.19. The van der Waals surface area contributed by atoms with E-state index in [0.29, 0.717) is 24.6 Å². The molecule has 1 unspecified atom stereocenters. The summed E-state index contributed by atoms with van der Waals surface area (Å²) in [5.74, 6) is 3.25. The zero-order valence-electron chi connectivity index (χ0n) is 12.3. The molecule has 1 amide bonds. The molecule has 1 aliphatic carbocycles. The predicted molar refractivity (Wildman–Crippen MR) is 82.8 cm³/mol. The molecular weight excluding hydrogens is 294 g/mol. The first-order chi connectivity index (χ1) is 11.2. The largest absolute Gasteiger partial charge is 0.488 e. The highest BCUT2D eigenvalue weighted by atomic mass is 16.5. The van der Waals surface area contributed by atoms with Crippen LogP contribution in [0.15, 0.2) is 30.5 Å². The highest BCUT2D eigenvalue weighted by Gasteiger charge is 2.56. The Balaban J connectivity index is 1.47. The fraction of sp³-hybridized carbons (Fsp3) is 0.294. The summed E-state index contributed by atoms with van der Waals surface area (Å²) in [6.45, 7) is 0. The van der Waals surface area contributed by atoms with E-state index in [4.69, 9.17) is 15.2 Å². The normalized spacial score (nSPS) is 26.5. The van der Waals surface area contributed by atoms with Crippen LogP contribution in [-0.4, -0.2) is 23.0 Å². The lowest BCUT2D eigenvalue weighted by molar-refractivity contribution is -0.116. The number of rotatable bonds is 2. The van der Waals surface area contributed by atoms with Crippen molar-refractivity contribution in [2.75, 3.05) is 5.32 Å². The van der Waals surface area contributed by atoms with Crippen LogP contribution in [-0.2, 0) is 11.2 Å². The van der Waals surface area contributed by atoms with Crippen molar-refractivity contribution in [3.05, 3.63) is 41.6 Å². The van der Waals surface area contributed by atoms with Crippen LogP contribution < -0.4 is 20.5 Å². The molecule has 0 spiro atoms. The van der Waals surface area contributed by atoms with Gasteiger partial charge in [-0.15, -0.1) is 0 Å². The first kappa shape index (κ1) is 12.9. The summed E-state index contributed by atoms with van der Waals surface area (Å²) < 4.78 is 11.8. The number of nitrogens with zero attached hydrogens (tertiary/aromatic N) is 1. The van der Waals surface area contributed by atoms with E-state index in [1.165, 1.54) is 0 Å².